The van der Waals surface area contributed by atoms with Crippen LogP contribution in [0.4, 0.5) is 19.0 Å². The Kier molecular flexibility index (Phi) is 5.33. The molecule has 7 heteroatoms. The molecule has 4 nitrogen and oxygen atoms in total. The SMILES string of the molecule is CC.FC(F)(F)c1cnc(N2CCNCC2)cn1. The van der Waals surface area contributed by atoms with Gasteiger partial charge in [-0.2, -0.15) is 13.2 Å². The Morgan fingerprint density at radius 1 is 1.11 bits per heavy atom. The smallest absolute Gasteiger partial charge is 0.353 e. The first-order chi connectivity index (χ1) is 8.57. The minimum absolute atomic E-state index is 0.495. The number of halogens is 3. The van der Waals surface area contributed by atoms with Crippen molar-refractivity contribution in [3.63, 3.8) is 0 Å². The van der Waals surface area contributed by atoms with Crippen molar-refractivity contribution in [2.45, 2.75) is 20.0 Å². The monoisotopic (exact) mass is 262 g/mol. The van der Waals surface area contributed by atoms with Gasteiger partial charge >= 0.3 is 6.18 Å². The van der Waals surface area contributed by atoms with Crippen molar-refractivity contribution in [2.24, 2.45) is 0 Å². The number of hydrogen-bond acceptors (Lipinski definition) is 4. The van der Waals surface area contributed by atoms with E-state index in [1.54, 1.807) is 0 Å². The van der Waals surface area contributed by atoms with Crippen molar-refractivity contribution >= 4 is 5.82 Å². The zero-order valence-electron chi connectivity index (χ0n) is 10.5. The van der Waals surface area contributed by atoms with Crippen LogP contribution in [0.3, 0.4) is 0 Å². The summed E-state index contributed by atoms with van der Waals surface area (Å²) in [7, 11) is 0. The van der Waals surface area contributed by atoms with Crippen LogP contribution in [0.1, 0.15) is 19.5 Å². The van der Waals surface area contributed by atoms with Gasteiger partial charge in [-0.25, -0.2) is 9.97 Å². The molecule has 0 radical (unpaired) electrons. The van der Waals surface area contributed by atoms with E-state index in [0.29, 0.717) is 5.82 Å². The van der Waals surface area contributed by atoms with Crippen LogP contribution in [0.2, 0.25) is 0 Å². The molecule has 0 bridgehead atoms. The average molecular weight is 262 g/mol. The van der Waals surface area contributed by atoms with Gasteiger partial charge in [-0.05, 0) is 0 Å². The molecule has 18 heavy (non-hydrogen) atoms. The first kappa shape index (κ1) is 14.7. The number of hydrogen-bond donors (Lipinski definition) is 1. The number of nitrogens with one attached hydrogen (secondary N) is 1. The molecule has 0 spiro atoms. The van der Waals surface area contributed by atoms with E-state index >= 15 is 0 Å². The van der Waals surface area contributed by atoms with Crippen LogP contribution in [0.25, 0.3) is 0 Å². The van der Waals surface area contributed by atoms with E-state index in [0.717, 1.165) is 32.4 Å². The molecule has 1 aromatic heterocycles. The first-order valence-corrected chi connectivity index (χ1v) is 5.92. The molecule has 0 saturated carbocycles. The van der Waals surface area contributed by atoms with Gasteiger partial charge in [-0.1, -0.05) is 13.8 Å². The quantitative estimate of drug-likeness (QED) is 0.839. The van der Waals surface area contributed by atoms with E-state index in [1.165, 1.54) is 6.20 Å². The third-order valence-electron chi connectivity index (χ3n) is 2.37. The number of aromatic nitrogens is 2. The average Bonchev–Trinajstić information content (AvgIpc) is 2.41. The zero-order valence-corrected chi connectivity index (χ0v) is 10.5. The number of anilines is 1. The lowest BCUT2D eigenvalue weighted by atomic mass is 10.3. The topological polar surface area (TPSA) is 41.1 Å². The summed E-state index contributed by atoms with van der Waals surface area (Å²) in [4.78, 5) is 9.07. The molecule has 0 aromatic carbocycles. The largest absolute Gasteiger partial charge is 0.434 e. The molecule has 0 aliphatic carbocycles. The third-order valence-corrected chi connectivity index (χ3v) is 2.37. The standard InChI is InChI=1S/C9H11F3N4.C2H6/c10-9(11,12)7-5-15-8(6-14-7)16-3-1-13-2-4-16;1-2/h5-6,13H,1-4H2;1-2H3. The Labute approximate surface area is 104 Å². The zero-order chi connectivity index (χ0) is 13.6. The summed E-state index contributed by atoms with van der Waals surface area (Å²) in [5.74, 6) is 0.495. The minimum Gasteiger partial charge on any atom is -0.353 e. The fourth-order valence-corrected chi connectivity index (χ4v) is 1.52. The van der Waals surface area contributed by atoms with Crippen LogP contribution in [-0.2, 0) is 6.18 Å². The van der Waals surface area contributed by atoms with Crippen LogP contribution in [0, 0.1) is 0 Å². The Bertz CT molecular complexity index is 344. The van der Waals surface area contributed by atoms with Gasteiger partial charge in [0.25, 0.3) is 0 Å². The van der Waals surface area contributed by atoms with Gasteiger partial charge in [0.2, 0.25) is 0 Å². The molecule has 0 amide bonds. The summed E-state index contributed by atoms with van der Waals surface area (Å²) in [5.41, 5.74) is -0.952. The number of alkyl halides is 3. The molecular formula is C11H17F3N4. The summed E-state index contributed by atoms with van der Waals surface area (Å²) in [6, 6.07) is 0. The molecular weight excluding hydrogens is 245 g/mol. The fourth-order valence-electron chi connectivity index (χ4n) is 1.52. The second-order valence-corrected chi connectivity index (χ2v) is 3.49. The van der Waals surface area contributed by atoms with Gasteiger partial charge < -0.3 is 10.2 Å². The maximum absolute atomic E-state index is 12.2. The highest BCUT2D eigenvalue weighted by atomic mass is 19.4. The molecule has 2 heterocycles. The van der Waals surface area contributed by atoms with Gasteiger partial charge in [0, 0.05) is 26.2 Å². The van der Waals surface area contributed by atoms with Crippen molar-refractivity contribution < 1.29 is 13.2 Å². The molecule has 1 aliphatic rings. The molecule has 1 fully saturated rings. The van der Waals surface area contributed by atoms with E-state index in [4.69, 9.17) is 0 Å². The Morgan fingerprint density at radius 2 is 1.72 bits per heavy atom. The lowest BCUT2D eigenvalue weighted by molar-refractivity contribution is -0.141. The maximum Gasteiger partial charge on any atom is 0.434 e. The molecule has 102 valence electrons. The minimum atomic E-state index is -4.42. The van der Waals surface area contributed by atoms with Crippen LogP contribution >= 0.6 is 0 Å². The molecule has 0 unspecified atom stereocenters. The summed E-state index contributed by atoms with van der Waals surface area (Å²) < 4.78 is 36.7. The highest BCUT2D eigenvalue weighted by Crippen LogP contribution is 2.27. The Hall–Kier alpha value is -1.37. The van der Waals surface area contributed by atoms with Crippen molar-refractivity contribution in [2.75, 3.05) is 31.1 Å². The Balaban J connectivity index is 0.000000771. The predicted molar refractivity (Wildman–Crippen MR) is 63.5 cm³/mol. The van der Waals surface area contributed by atoms with E-state index in [-0.39, 0.29) is 0 Å². The lowest BCUT2D eigenvalue weighted by Gasteiger charge is -2.28. The molecule has 1 saturated heterocycles. The van der Waals surface area contributed by atoms with Gasteiger partial charge in [0.05, 0.1) is 12.4 Å². The normalized spacial score (nSPS) is 15.9. The van der Waals surface area contributed by atoms with Crippen LogP contribution in [-0.4, -0.2) is 36.1 Å². The molecule has 1 aliphatic heterocycles. The van der Waals surface area contributed by atoms with Crippen molar-refractivity contribution in [3.8, 4) is 0 Å². The fraction of sp³-hybridized carbons (Fsp3) is 0.636. The van der Waals surface area contributed by atoms with Gasteiger partial charge in [-0.3, -0.25) is 0 Å². The molecule has 0 atom stereocenters. The second-order valence-electron chi connectivity index (χ2n) is 3.49. The number of nitrogens with zero attached hydrogens (tertiary/aromatic N) is 3. The van der Waals surface area contributed by atoms with E-state index < -0.39 is 11.9 Å². The van der Waals surface area contributed by atoms with Crippen LogP contribution in [0.5, 0.6) is 0 Å². The highest BCUT2D eigenvalue weighted by Gasteiger charge is 2.32. The molecule has 2 rings (SSSR count). The predicted octanol–water partition coefficient (Wildman–Crippen LogP) is 1.93. The summed E-state index contributed by atoms with van der Waals surface area (Å²) in [6.45, 7) is 7.09. The third kappa shape index (κ3) is 3.83. The van der Waals surface area contributed by atoms with Gasteiger partial charge in [0.1, 0.15) is 5.82 Å². The van der Waals surface area contributed by atoms with Gasteiger partial charge in [0.15, 0.2) is 5.69 Å². The second kappa shape index (κ2) is 6.53. The number of piperazine rings is 1. The first-order valence-electron chi connectivity index (χ1n) is 5.92. The van der Waals surface area contributed by atoms with Crippen LogP contribution < -0.4 is 10.2 Å². The van der Waals surface area contributed by atoms with Gasteiger partial charge in [-0.15, -0.1) is 0 Å². The summed E-state index contributed by atoms with van der Waals surface area (Å²) in [5, 5.41) is 3.15. The Morgan fingerprint density at radius 3 is 2.17 bits per heavy atom. The van der Waals surface area contributed by atoms with Crippen molar-refractivity contribution in [3.05, 3.63) is 18.1 Å². The van der Waals surface area contributed by atoms with Crippen molar-refractivity contribution in [1.29, 1.82) is 0 Å². The summed E-state index contributed by atoms with van der Waals surface area (Å²) >= 11 is 0. The maximum atomic E-state index is 12.2. The van der Waals surface area contributed by atoms with E-state index in [1.807, 2.05) is 18.7 Å². The van der Waals surface area contributed by atoms with E-state index in [2.05, 4.69) is 15.3 Å². The summed E-state index contributed by atoms with van der Waals surface area (Å²) in [6.07, 6.45) is -2.47. The molecule has 1 aromatic rings. The number of rotatable bonds is 1. The van der Waals surface area contributed by atoms with Crippen molar-refractivity contribution in [1.82, 2.24) is 15.3 Å². The van der Waals surface area contributed by atoms with E-state index in [9.17, 15) is 13.2 Å². The van der Waals surface area contributed by atoms with Crippen LogP contribution in [0.15, 0.2) is 12.4 Å². The lowest BCUT2D eigenvalue weighted by Crippen LogP contribution is -2.44. The highest BCUT2D eigenvalue weighted by molar-refractivity contribution is 5.36. The molecule has 1 N–H and O–H groups in total.